The predicted molar refractivity (Wildman–Crippen MR) is 79.3 cm³/mol. The van der Waals surface area contributed by atoms with Gasteiger partial charge in [-0.25, -0.2) is 0 Å². The van der Waals surface area contributed by atoms with Crippen LogP contribution in [-0.4, -0.2) is 23.7 Å². The second-order valence-corrected chi connectivity index (χ2v) is 6.56. The quantitative estimate of drug-likeness (QED) is 0.840. The molecular formula is C14H18ClNO2S. The molecule has 5 heteroatoms. The molecule has 19 heavy (non-hydrogen) atoms. The van der Waals surface area contributed by atoms with Crippen LogP contribution in [0.1, 0.15) is 30.6 Å². The van der Waals surface area contributed by atoms with Gasteiger partial charge in [0.2, 0.25) is 5.91 Å². The third-order valence-electron chi connectivity index (χ3n) is 3.46. The van der Waals surface area contributed by atoms with E-state index in [1.165, 1.54) is 17.4 Å². The molecule has 1 heterocycles. The number of carbonyl (C=O) groups excluding carboxylic acids is 1. The Morgan fingerprint density at radius 3 is 2.95 bits per heavy atom. The number of carbonyl (C=O) groups is 1. The number of amides is 1. The van der Waals surface area contributed by atoms with Crippen molar-refractivity contribution in [1.29, 1.82) is 0 Å². The number of thiophene rings is 1. The van der Waals surface area contributed by atoms with Crippen molar-refractivity contribution in [2.75, 3.05) is 6.61 Å². The van der Waals surface area contributed by atoms with Crippen LogP contribution in [0.25, 0.3) is 6.08 Å². The van der Waals surface area contributed by atoms with Gasteiger partial charge in [-0.1, -0.05) is 24.4 Å². The maximum atomic E-state index is 11.8. The van der Waals surface area contributed by atoms with Crippen molar-refractivity contribution in [3.63, 3.8) is 0 Å². The summed E-state index contributed by atoms with van der Waals surface area (Å²) in [6, 6.07) is 3.79. The van der Waals surface area contributed by atoms with E-state index >= 15 is 0 Å². The second kappa shape index (κ2) is 7.08. The summed E-state index contributed by atoms with van der Waals surface area (Å²) in [5.41, 5.74) is 0. The van der Waals surface area contributed by atoms with Crippen molar-refractivity contribution >= 4 is 34.9 Å². The van der Waals surface area contributed by atoms with Crippen LogP contribution < -0.4 is 5.32 Å². The Hall–Kier alpha value is -0.840. The Kier molecular flexibility index (Phi) is 5.43. The van der Waals surface area contributed by atoms with Gasteiger partial charge >= 0.3 is 0 Å². The van der Waals surface area contributed by atoms with Gasteiger partial charge in [-0.05, 0) is 31.1 Å². The summed E-state index contributed by atoms with van der Waals surface area (Å²) in [7, 11) is 0. The Bertz CT molecular complexity index is 458. The molecule has 2 rings (SSSR count). The molecule has 0 spiro atoms. The highest BCUT2D eigenvalue weighted by atomic mass is 35.5. The van der Waals surface area contributed by atoms with E-state index in [1.807, 2.05) is 12.1 Å². The molecule has 1 aliphatic rings. The Balaban J connectivity index is 1.88. The van der Waals surface area contributed by atoms with Crippen LogP contribution in [0.3, 0.4) is 0 Å². The first-order valence-corrected chi connectivity index (χ1v) is 7.73. The van der Waals surface area contributed by atoms with E-state index in [0.717, 1.165) is 30.6 Å². The molecular weight excluding hydrogens is 282 g/mol. The topological polar surface area (TPSA) is 49.3 Å². The van der Waals surface area contributed by atoms with Gasteiger partial charge in [0.15, 0.2) is 0 Å². The monoisotopic (exact) mass is 299 g/mol. The summed E-state index contributed by atoms with van der Waals surface area (Å²) in [6.45, 7) is 0.148. The number of aliphatic hydroxyl groups is 1. The summed E-state index contributed by atoms with van der Waals surface area (Å²) in [6.07, 6.45) is 7.50. The van der Waals surface area contributed by atoms with Crippen LogP contribution in [0, 0.1) is 5.92 Å². The molecule has 0 bridgehead atoms. The largest absolute Gasteiger partial charge is 0.396 e. The molecule has 3 nitrogen and oxygen atoms in total. The highest BCUT2D eigenvalue weighted by Gasteiger charge is 2.25. The highest BCUT2D eigenvalue weighted by molar-refractivity contribution is 7.17. The number of rotatable bonds is 4. The fourth-order valence-corrected chi connectivity index (χ4v) is 3.39. The van der Waals surface area contributed by atoms with Gasteiger partial charge in [-0.15, -0.1) is 11.3 Å². The van der Waals surface area contributed by atoms with E-state index in [4.69, 9.17) is 11.6 Å². The van der Waals surface area contributed by atoms with Crippen molar-refractivity contribution in [3.05, 3.63) is 27.4 Å². The minimum atomic E-state index is -0.102. The number of aliphatic hydroxyl groups excluding tert-OH is 1. The predicted octanol–water partition coefficient (Wildman–Crippen LogP) is 3.08. The van der Waals surface area contributed by atoms with Crippen molar-refractivity contribution in [2.24, 2.45) is 5.92 Å². The van der Waals surface area contributed by atoms with Gasteiger partial charge in [0, 0.05) is 29.5 Å². The van der Waals surface area contributed by atoms with Crippen LogP contribution in [-0.2, 0) is 4.79 Å². The summed E-state index contributed by atoms with van der Waals surface area (Å²) in [4.78, 5) is 12.8. The van der Waals surface area contributed by atoms with Crippen LogP contribution in [0.5, 0.6) is 0 Å². The first-order valence-electron chi connectivity index (χ1n) is 6.54. The van der Waals surface area contributed by atoms with E-state index in [-0.39, 0.29) is 24.5 Å². The molecule has 1 aliphatic carbocycles. The third kappa shape index (κ3) is 4.34. The maximum absolute atomic E-state index is 11.8. The molecule has 2 atom stereocenters. The average molecular weight is 300 g/mol. The summed E-state index contributed by atoms with van der Waals surface area (Å²) in [5, 5.41) is 12.3. The van der Waals surface area contributed by atoms with Gasteiger partial charge in [-0.3, -0.25) is 4.79 Å². The van der Waals surface area contributed by atoms with E-state index in [0.29, 0.717) is 4.34 Å². The number of hydrogen-bond donors (Lipinski definition) is 2. The smallest absolute Gasteiger partial charge is 0.244 e. The van der Waals surface area contributed by atoms with E-state index in [2.05, 4.69) is 5.32 Å². The lowest BCUT2D eigenvalue weighted by molar-refractivity contribution is -0.117. The molecule has 1 fully saturated rings. The zero-order chi connectivity index (χ0) is 13.7. The fraction of sp³-hybridized carbons (Fsp3) is 0.500. The summed E-state index contributed by atoms with van der Waals surface area (Å²) in [5.74, 6) is 0.0946. The molecule has 1 amide bonds. The van der Waals surface area contributed by atoms with Gasteiger partial charge in [-0.2, -0.15) is 0 Å². The lowest BCUT2D eigenvalue weighted by Gasteiger charge is -2.30. The van der Waals surface area contributed by atoms with Crippen LogP contribution >= 0.6 is 22.9 Å². The molecule has 2 unspecified atom stereocenters. The number of hydrogen-bond acceptors (Lipinski definition) is 3. The fourth-order valence-electron chi connectivity index (χ4n) is 2.42. The first-order chi connectivity index (χ1) is 9.19. The molecule has 1 saturated carbocycles. The molecule has 1 aromatic heterocycles. The molecule has 0 aliphatic heterocycles. The van der Waals surface area contributed by atoms with Gasteiger partial charge in [0.05, 0.1) is 4.34 Å². The molecule has 2 N–H and O–H groups in total. The second-order valence-electron chi connectivity index (χ2n) is 4.82. The molecule has 0 aromatic carbocycles. The maximum Gasteiger partial charge on any atom is 0.244 e. The van der Waals surface area contributed by atoms with E-state index in [9.17, 15) is 9.90 Å². The normalized spacial score (nSPS) is 23.7. The molecule has 1 aromatic rings. The molecule has 104 valence electrons. The van der Waals surface area contributed by atoms with Crippen molar-refractivity contribution < 1.29 is 9.90 Å². The van der Waals surface area contributed by atoms with Crippen LogP contribution in [0.15, 0.2) is 18.2 Å². The summed E-state index contributed by atoms with van der Waals surface area (Å²) >= 11 is 7.27. The van der Waals surface area contributed by atoms with Gasteiger partial charge < -0.3 is 10.4 Å². The Morgan fingerprint density at radius 2 is 2.26 bits per heavy atom. The summed E-state index contributed by atoms with van der Waals surface area (Å²) < 4.78 is 0.715. The lowest BCUT2D eigenvalue weighted by Crippen LogP contribution is -2.42. The zero-order valence-electron chi connectivity index (χ0n) is 10.6. The third-order valence-corrected chi connectivity index (χ3v) is 4.66. The SMILES string of the molecule is O=C(/C=C/c1ccc(Cl)s1)NC1CCCCC1CO. The van der Waals surface area contributed by atoms with Crippen LogP contribution in [0.2, 0.25) is 4.34 Å². The minimum Gasteiger partial charge on any atom is -0.396 e. The van der Waals surface area contributed by atoms with Crippen LogP contribution in [0.4, 0.5) is 0 Å². The first kappa shape index (κ1) is 14.6. The highest BCUT2D eigenvalue weighted by Crippen LogP contribution is 2.24. The zero-order valence-corrected chi connectivity index (χ0v) is 12.2. The van der Waals surface area contributed by atoms with Gasteiger partial charge in [0.1, 0.15) is 0 Å². The Morgan fingerprint density at radius 1 is 1.47 bits per heavy atom. The van der Waals surface area contributed by atoms with Gasteiger partial charge in [0.25, 0.3) is 0 Å². The molecule has 0 radical (unpaired) electrons. The van der Waals surface area contributed by atoms with Crippen molar-refractivity contribution in [1.82, 2.24) is 5.32 Å². The lowest BCUT2D eigenvalue weighted by atomic mass is 9.85. The van der Waals surface area contributed by atoms with Crippen molar-refractivity contribution in [2.45, 2.75) is 31.7 Å². The number of nitrogens with one attached hydrogen (secondary N) is 1. The van der Waals surface area contributed by atoms with Crippen molar-refractivity contribution in [3.8, 4) is 0 Å². The average Bonchev–Trinajstić information content (AvgIpc) is 2.83. The van der Waals surface area contributed by atoms with E-state index in [1.54, 1.807) is 6.08 Å². The van der Waals surface area contributed by atoms with E-state index < -0.39 is 0 Å². The molecule has 0 saturated heterocycles. The number of halogens is 1. The Labute approximate surface area is 122 Å². The standard InChI is InChI=1S/C14H18ClNO2S/c15-13-7-5-11(19-13)6-8-14(18)16-12-4-2-1-3-10(12)9-17/h5-8,10,12,17H,1-4,9H2,(H,16,18)/b8-6+. The minimum absolute atomic E-state index is 0.0998.